The van der Waals surface area contributed by atoms with Crippen LogP contribution in [0.15, 0.2) is 60.7 Å². The number of amides is 1. The van der Waals surface area contributed by atoms with Crippen molar-refractivity contribution in [1.29, 1.82) is 0 Å². The third kappa shape index (κ3) is 6.60. The highest BCUT2D eigenvalue weighted by Crippen LogP contribution is 2.33. The van der Waals surface area contributed by atoms with Gasteiger partial charge in [-0.2, -0.15) is 0 Å². The zero-order chi connectivity index (χ0) is 28.9. The molecule has 41 heavy (non-hydrogen) atoms. The molecular weight excluding hydrogens is 514 g/mol. The van der Waals surface area contributed by atoms with Crippen LogP contribution in [-0.4, -0.2) is 75.2 Å². The van der Waals surface area contributed by atoms with Crippen LogP contribution in [0.4, 0.5) is 11.4 Å². The van der Waals surface area contributed by atoms with E-state index in [0.29, 0.717) is 23.6 Å². The van der Waals surface area contributed by atoms with E-state index in [1.807, 2.05) is 11.0 Å². The molecule has 0 spiro atoms. The molecule has 1 saturated carbocycles. The summed E-state index contributed by atoms with van der Waals surface area (Å²) in [5.41, 5.74) is 18.5. The molecule has 2 aliphatic rings. The molecule has 218 valence electrons. The topological polar surface area (TPSA) is 97.3 Å². The molecule has 0 aromatic heterocycles. The summed E-state index contributed by atoms with van der Waals surface area (Å²) in [6.45, 7) is 4.54. The molecule has 1 aliphatic carbocycles. The predicted octanol–water partition coefficient (Wildman–Crippen LogP) is 4.62. The fourth-order valence-electron chi connectivity index (χ4n) is 6.03. The molecule has 0 radical (unpaired) electrons. The van der Waals surface area contributed by atoms with Gasteiger partial charge in [-0.25, -0.2) is 0 Å². The number of hydrogen-bond donors (Lipinski definition) is 2. The Labute approximate surface area is 243 Å². The lowest BCUT2D eigenvalue weighted by molar-refractivity contribution is 0.0606. The number of piperazine rings is 1. The Bertz CT molecular complexity index is 1350. The van der Waals surface area contributed by atoms with E-state index in [1.54, 1.807) is 26.4 Å². The standard InChI is InChI=1S/C33H43N5O3/c1-36-15-17-37(18-16-36)30-13-7-25(20-29(30)35)24-6-4-5-23(19-24)22-38(28-11-9-27(34)10-12-28)33(39)26-8-14-31(40-2)32(21-26)41-3/h4-8,13-14,19-21,27-28H,9-12,15-18,22,34-35H2,1-3H3. The maximum absolute atomic E-state index is 14.0. The minimum Gasteiger partial charge on any atom is -0.493 e. The summed E-state index contributed by atoms with van der Waals surface area (Å²) in [7, 11) is 5.34. The highest BCUT2D eigenvalue weighted by Gasteiger charge is 2.29. The second-order valence-corrected chi connectivity index (χ2v) is 11.3. The van der Waals surface area contributed by atoms with Crippen molar-refractivity contribution < 1.29 is 14.3 Å². The number of ether oxygens (including phenoxy) is 2. The monoisotopic (exact) mass is 557 g/mol. The lowest BCUT2D eigenvalue weighted by Crippen LogP contribution is -2.44. The Morgan fingerprint density at radius 3 is 2.27 bits per heavy atom. The van der Waals surface area contributed by atoms with Crippen molar-refractivity contribution in [2.24, 2.45) is 5.73 Å². The highest BCUT2D eigenvalue weighted by atomic mass is 16.5. The molecule has 3 aromatic rings. The first kappa shape index (κ1) is 28.8. The minimum atomic E-state index is -0.0161. The Morgan fingerprint density at radius 1 is 0.878 bits per heavy atom. The second-order valence-electron chi connectivity index (χ2n) is 11.3. The number of methoxy groups -OCH3 is 2. The van der Waals surface area contributed by atoms with E-state index in [1.165, 1.54) is 0 Å². The molecule has 0 atom stereocenters. The molecule has 5 rings (SSSR count). The Kier molecular flexibility index (Phi) is 9.00. The van der Waals surface area contributed by atoms with Gasteiger partial charge in [0.2, 0.25) is 0 Å². The molecule has 0 bridgehead atoms. The van der Waals surface area contributed by atoms with E-state index < -0.39 is 0 Å². The Morgan fingerprint density at radius 2 is 1.59 bits per heavy atom. The van der Waals surface area contributed by atoms with Gasteiger partial charge in [0.25, 0.3) is 5.91 Å². The molecule has 4 N–H and O–H groups in total. The maximum atomic E-state index is 14.0. The van der Waals surface area contributed by atoms with Crippen LogP contribution in [0.5, 0.6) is 11.5 Å². The van der Waals surface area contributed by atoms with Gasteiger partial charge < -0.3 is 35.6 Å². The van der Waals surface area contributed by atoms with Gasteiger partial charge in [0.05, 0.1) is 25.6 Å². The third-order valence-electron chi connectivity index (χ3n) is 8.56. The second kappa shape index (κ2) is 12.8. The van der Waals surface area contributed by atoms with Crippen molar-refractivity contribution in [3.8, 4) is 22.6 Å². The molecule has 1 aliphatic heterocycles. The molecule has 1 saturated heterocycles. The van der Waals surface area contributed by atoms with Crippen molar-refractivity contribution in [1.82, 2.24) is 9.80 Å². The quantitative estimate of drug-likeness (QED) is 0.390. The summed E-state index contributed by atoms with van der Waals surface area (Å²) in [5.74, 6) is 1.13. The van der Waals surface area contributed by atoms with Gasteiger partial charge in [0.15, 0.2) is 11.5 Å². The number of rotatable bonds is 8. The van der Waals surface area contributed by atoms with E-state index in [2.05, 4.69) is 59.3 Å². The number of benzene rings is 3. The smallest absolute Gasteiger partial charge is 0.254 e. The number of nitrogens with zero attached hydrogens (tertiary/aromatic N) is 3. The first-order chi connectivity index (χ1) is 19.9. The van der Waals surface area contributed by atoms with Crippen molar-refractivity contribution in [3.63, 3.8) is 0 Å². The number of anilines is 2. The fourth-order valence-corrected chi connectivity index (χ4v) is 6.03. The van der Waals surface area contributed by atoms with E-state index in [9.17, 15) is 4.79 Å². The lowest BCUT2D eigenvalue weighted by Gasteiger charge is -2.36. The number of nitrogens with two attached hydrogens (primary N) is 2. The Hall–Kier alpha value is -3.75. The average molecular weight is 558 g/mol. The summed E-state index contributed by atoms with van der Waals surface area (Å²) in [5, 5.41) is 0. The minimum absolute atomic E-state index is 0.0161. The molecule has 1 heterocycles. The van der Waals surface area contributed by atoms with Crippen LogP contribution in [0.25, 0.3) is 11.1 Å². The first-order valence-corrected chi connectivity index (χ1v) is 14.6. The van der Waals surface area contributed by atoms with E-state index in [-0.39, 0.29) is 18.0 Å². The lowest BCUT2D eigenvalue weighted by atomic mass is 9.90. The van der Waals surface area contributed by atoms with Gasteiger partial charge in [-0.1, -0.05) is 24.3 Å². The van der Waals surface area contributed by atoms with Crippen molar-refractivity contribution in [2.75, 3.05) is 58.1 Å². The highest BCUT2D eigenvalue weighted by molar-refractivity contribution is 5.95. The van der Waals surface area contributed by atoms with E-state index in [4.69, 9.17) is 20.9 Å². The summed E-state index contributed by atoms with van der Waals surface area (Å²) in [4.78, 5) is 20.7. The summed E-state index contributed by atoms with van der Waals surface area (Å²) in [6.07, 6.45) is 3.62. The number of carbonyl (C=O) groups excluding carboxylic acids is 1. The van der Waals surface area contributed by atoms with Gasteiger partial charge in [0.1, 0.15) is 0 Å². The van der Waals surface area contributed by atoms with Crippen LogP contribution < -0.4 is 25.8 Å². The van der Waals surface area contributed by atoms with Gasteiger partial charge in [-0.15, -0.1) is 0 Å². The number of nitrogen functional groups attached to an aromatic ring is 1. The average Bonchev–Trinajstić information content (AvgIpc) is 3.00. The SMILES string of the molecule is COc1ccc(C(=O)N(Cc2cccc(-c3ccc(N4CCN(C)CC4)c(N)c3)c2)C2CCC(N)CC2)cc1OC. The van der Waals surface area contributed by atoms with Gasteiger partial charge in [-0.3, -0.25) is 4.79 Å². The van der Waals surface area contributed by atoms with Crippen molar-refractivity contribution in [3.05, 3.63) is 71.8 Å². The Balaban J connectivity index is 1.39. The molecule has 8 heteroatoms. The van der Waals surface area contributed by atoms with Crippen molar-refractivity contribution >= 4 is 17.3 Å². The molecular formula is C33H43N5O3. The van der Waals surface area contributed by atoms with E-state index >= 15 is 0 Å². The third-order valence-corrected chi connectivity index (χ3v) is 8.56. The molecule has 8 nitrogen and oxygen atoms in total. The molecule has 0 unspecified atom stereocenters. The molecule has 3 aromatic carbocycles. The molecule has 1 amide bonds. The first-order valence-electron chi connectivity index (χ1n) is 14.6. The van der Waals surface area contributed by atoms with Crippen LogP contribution >= 0.6 is 0 Å². The summed E-state index contributed by atoms with van der Waals surface area (Å²) in [6, 6.07) is 20.5. The van der Waals surface area contributed by atoms with Gasteiger partial charge >= 0.3 is 0 Å². The summed E-state index contributed by atoms with van der Waals surface area (Å²) < 4.78 is 10.9. The fraction of sp³-hybridized carbons (Fsp3) is 0.424. The summed E-state index contributed by atoms with van der Waals surface area (Å²) >= 11 is 0. The predicted molar refractivity (Wildman–Crippen MR) is 166 cm³/mol. The zero-order valence-electron chi connectivity index (χ0n) is 24.5. The molecule has 2 fully saturated rings. The number of hydrogen-bond acceptors (Lipinski definition) is 7. The number of likely N-dealkylation sites (N-methyl/N-ethyl adjacent to an activating group) is 1. The van der Waals surface area contributed by atoms with Crippen LogP contribution in [0, 0.1) is 0 Å². The largest absolute Gasteiger partial charge is 0.493 e. The van der Waals surface area contributed by atoms with E-state index in [0.717, 1.165) is 79.9 Å². The van der Waals surface area contributed by atoms with Crippen LogP contribution in [-0.2, 0) is 6.54 Å². The van der Waals surface area contributed by atoms with Crippen molar-refractivity contribution in [2.45, 2.75) is 44.3 Å². The van der Waals surface area contributed by atoms with Crippen LogP contribution in [0.3, 0.4) is 0 Å². The zero-order valence-corrected chi connectivity index (χ0v) is 24.5. The normalized spacial score (nSPS) is 19.6. The number of carbonyl (C=O) groups is 1. The van der Waals surface area contributed by atoms with Crippen LogP contribution in [0.2, 0.25) is 0 Å². The maximum Gasteiger partial charge on any atom is 0.254 e. The van der Waals surface area contributed by atoms with Gasteiger partial charge in [-0.05, 0) is 85.8 Å². The van der Waals surface area contributed by atoms with Crippen LogP contribution in [0.1, 0.15) is 41.6 Å². The van der Waals surface area contributed by atoms with Gasteiger partial charge in [0, 0.05) is 50.4 Å².